The lowest BCUT2D eigenvalue weighted by atomic mass is 9.97. The highest BCUT2D eigenvalue weighted by Crippen LogP contribution is 2.21. The molecule has 1 aromatic heterocycles. The van der Waals surface area contributed by atoms with Crippen molar-refractivity contribution in [3.63, 3.8) is 0 Å². The molecular weight excluding hydrogens is 458 g/mol. The van der Waals surface area contributed by atoms with Gasteiger partial charge in [0.2, 0.25) is 5.95 Å². The Balaban J connectivity index is 1.24. The number of para-hydroxylation sites is 1. The molecule has 0 saturated carbocycles. The molecule has 1 fully saturated rings. The number of ether oxygens (including phenoxy) is 1. The summed E-state index contributed by atoms with van der Waals surface area (Å²) in [5.74, 6) is -0.847. The number of piperidine rings is 1. The summed E-state index contributed by atoms with van der Waals surface area (Å²) in [5.41, 5.74) is 2.81. The SMILES string of the molecule is Cc1ccc(CNC(=O)c2ccccc2NC(=O)COC(=O)C2CCN(c3ncccn3)CC2)cc1. The van der Waals surface area contributed by atoms with E-state index < -0.39 is 18.5 Å². The Morgan fingerprint density at radius 2 is 1.67 bits per heavy atom. The fourth-order valence-electron chi connectivity index (χ4n) is 3.98. The molecule has 36 heavy (non-hydrogen) atoms. The van der Waals surface area contributed by atoms with Crippen LogP contribution in [0.1, 0.15) is 34.3 Å². The molecule has 2 heterocycles. The number of anilines is 2. The summed E-state index contributed by atoms with van der Waals surface area (Å²) >= 11 is 0. The minimum absolute atomic E-state index is 0.280. The van der Waals surface area contributed by atoms with Gasteiger partial charge in [-0.25, -0.2) is 9.97 Å². The lowest BCUT2D eigenvalue weighted by molar-refractivity contribution is -0.152. The highest BCUT2D eigenvalue weighted by molar-refractivity contribution is 6.04. The summed E-state index contributed by atoms with van der Waals surface area (Å²) in [6, 6.07) is 16.4. The smallest absolute Gasteiger partial charge is 0.309 e. The molecule has 4 rings (SSSR count). The second-order valence-electron chi connectivity index (χ2n) is 8.68. The molecule has 9 heteroatoms. The third-order valence-electron chi connectivity index (χ3n) is 6.03. The Morgan fingerprint density at radius 1 is 0.972 bits per heavy atom. The number of aryl methyl sites for hydroxylation is 1. The topological polar surface area (TPSA) is 114 Å². The van der Waals surface area contributed by atoms with Crippen LogP contribution < -0.4 is 15.5 Å². The summed E-state index contributed by atoms with van der Waals surface area (Å²) in [7, 11) is 0. The quantitative estimate of drug-likeness (QED) is 0.469. The van der Waals surface area contributed by atoms with E-state index in [0.717, 1.165) is 11.1 Å². The molecule has 0 spiro atoms. The van der Waals surface area contributed by atoms with E-state index in [1.165, 1.54) is 0 Å². The summed E-state index contributed by atoms with van der Waals surface area (Å²) < 4.78 is 5.27. The van der Waals surface area contributed by atoms with Gasteiger partial charge in [-0.2, -0.15) is 0 Å². The van der Waals surface area contributed by atoms with Crippen molar-refractivity contribution in [3.8, 4) is 0 Å². The highest BCUT2D eigenvalue weighted by atomic mass is 16.5. The molecule has 2 aromatic carbocycles. The van der Waals surface area contributed by atoms with Gasteiger partial charge in [0.15, 0.2) is 6.61 Å². The van der Waals surface area contributed by atoms with Gasteiger partial charge in [0.25, 0.3) is 11.8 Å². The number of nitrogens with zero attached hydrogens (tertiary/aromatic N) is 3. The van der Waals surface area contributed by atoms with Crippen molar-refractivity contribution < 1.29 is 19.1 Å². The van der Waals surface area contributed by atoms with Crippen LogP contribution in [-0.4, -0.2) is 47.4 Å². The normalized spacial score (nSPS) is 13.6. The van der Waals surface area contributed by atoms with Crippen molar-refractivity contribution in [2.75, 3.05) is 29.9 Å². The van der Waals surface area contributed by atoms with E-state index in [2.05, 4.69) is 20.6 Å². The van der Waals surface area contributed by atoms with Crippen molar-refractivity contribution in [3.05, 3.63) is 83.7 Å². The third-order valence-corrected chi connectivity index (χ3v) is 6.03. The first-order valence-electron chi connectivity index (χ1n) is 11.9. The number of amides is 2. The fraction of sp³-hybridized carbons (Fsp3) is 0.296. The van der Waals surface area contributed by atoms with Crippen LogP contribution in [0.5, 0.6) is 0 Å². The van der Waals surface area contributed by atoms with E-state index >= 15 is 0 Å². The Hall–Kier alpha value is -4.27. The number of carbonyl (C=O) groups is 3. The van der Waals surface area contributed by atoms with Crippen LogP contribution >= 0.6 is 0 Å². The Labute approximate surface area is 209 Å². The first kappa shape index (κ1) is 24.8. The number of rotatable bonds is 8. The van der Waals surface area contributed by atoms with Gasteiger partial charge in [-0.15, -0.1) is 0 Å². The molecule has 1 aliphatic heterocycles. The van der Waals surface area contributed by atoms with E-state index in [1.807, 2.05) is 36.1 Å². The molecule has 0 radical (unpaired) electrons. The fourth-order valence-corrected chi connectivity index (χ4v) is 3.98. The molecule has 2 amide bonds. The second kappa shape index (κ2) is 11.9. The molecule has 9 nitrogen and oxygen atoms in total. The number of hydrogen-bond donors (Lipinski definition) is 2. The second-order valence-corrected chi connectivity index (χ2v) is 8.68. The molecular formula is C27H29N5O4. The highest BCUT2D eigenvalue weighted by Gasteiger charge is 2.27. The summed E-state index contributed by atoms with van der Waals surface area (Å²) in [6.45, 7) is 3.24. The molecule has 3 aromatic rings. The molecule has 0 bridgehead atoms. The van der Waals surface area contributed by atoms with E-state index in [4.69, 9.17) is 4.74 Å². The zero-order valence-electron chi connectivity index (χ0n) is 20.1. The summed E-state index contributed by atoms with van der Waals surface area (Å²) in [6.07, 6.45) is 4.58. The van der Waals surface area contributed by atoms with E-state index in [1.54, 1.807) is 42.7 Å². The monoisotopic (exact) mass is 487 g/mol. The molecule has 0 atom stereocenters. The van der Waals surface area contributed by atoms with Crippen LogP contribution in [0.25, 0.3) is 0 Å². The van der Waals surface area contributed by atoms with Crippen molar-refractivity contribution in [1.29, 1.82) is 0 Å². The van der Waals surface area contributed by atoms with Crippen LogP contribution in [0.15, 0.2) is 67.0 Å². The van der Waals surface area contributed by atoms with Crippen LogP contribution in [0.4, 0.5) is 11.6 Å². The number of nitrogens with one attached hydrogen (secondary N) is 2. The minimum atomic E-state index is -0.503. The van der Waals surface area contributed by atoms with Gasteiger partial charge in [-0.05, 0) is 43.5 Å². The maximum atomic E-state index is 12.7. The van der Waals surface area contributed by atoms with Gasteiger partial charge >= 0.3 is 5.97 Å². The first-order valence-corrected chi connectivity index (χ1v) is 11.9. The van der Waals surface area contributed by atoms with Crippen molar-refractivity contribution >= 4 is 29.4 Å². The number of esters is 1. The summed E-state index contributed by atoms with van der Waals surface area (Å²) in [4.78, 5) is 48.2. The predicted molar refractivity (Wildman–Crippen MR) is 135 cm³/mol. The van der Waals surface area contributed by atoms with Gasteiger partial charge in [-0.1, -0.05) is 42.0 Å². The zero-order chi connectivity index (χ0) is 25.3. The number of benzene rings is 2. The van der Waals surface area contributed by atoms with E-state index in [9.17, 15) is 14.4 Å². The van der Waals surface area contributed by atoms with Gasteiger partial charge < -0.3 is 20.3 Å². The van der Waals surface area contributed by atoms with E-state index in [-0.39, 0.29) is 11.8 Å². The standard InChI is InChI=1S/C27H29N5O4/c1-19-7-9-20(10-8-19)17-30-25(34)22-5-2-3-6-23(22)31-24(33)18-36-26(35)21-11-15-32(16-12-21)27-28-13-4-14-29-27/h2-10,13-14,21H,11-12,15-18H2,1H3,(H,30,34)(H,31,33). The number of aromatic nitrogens is 2. The van der Waals surface area contributed by atoms with Crippen LogP contribution in [0, 0.1) is 12.8 Å². The molecule has 1 aliphatic rings. The average Bonchev–Trinajstić information content (AvgIpc) is 2.92. The van der Waals surface area contributed by atoms with Crippen LogP contribution in [0.3, 0.4) is 0 Å². The molecule has 186 valence electrons. The number of hydrogen-bond acceptors (Lipinski definition) is 7. The molecule has 0 aliphatic carbocycles. The first-order chi connectivity index (χ1) is 17.5. The molecule has 2 N–H and O–H groups in total. The van der Waals surface area contributed by atoms with Crippen LogP contribution in [0.2, 0.25) is 0 Å². The zero-order valence-corrected chi connectivity index (χ0v) is 20.1. The Bertz CT molecular complexity index is 1190. The average molecular weight is 488 g/mol. The maximum absolute atomic E-state index is 12.7. The largest absolute Gasteiger partial charge is 0.455 e. The van der Waals surface area contributed by atoms with Gasteiger partial charge in [0.1, 0.15) is 0 Å². The van der Waals surface area contributed by atoms with Gasteiger partial charge in [-0.3, -0.25) is 14.4 Å². The van der Waals surface area contributed by atoms with E-state index in [0.29, 0.717) is 49.7 Å². The molecule has 0 unspecified atom stereocenters. The maximum Gasteiger partial charge on any atom is 0.309 e. The van der Waals surface area contributed by atoms with Crippen LogP contribution in [-0.2, 0) is 20.9 Å². The minimum Gasteiger partial charge on any atom is -0.455 e. The Morgan fingerprint density at radius 3 is 2.39 bits per heavy atom. The predicted octanol–water partition coefficient (Wildman–Crippen LogP) is 3.11. The summed E-state index contributed by atoms with van der Waals surface area (Å²) in [5, 5.41) is 5.55. The van der Waals surface area contributed by atoms with Crippen molar-refractivity contribution in [2.45, 2.75) is 26.3 Å². The number of carbonyl (C=O) groups excluding carboxylic acids is 3. The lowest BCUT2D eigenvalue weighted by Gasteiger charge is -2.30. The van der Waals surface area contributed by atoms with Gasteiger partial charge in [0.05, 0.1) is 17.2 Å². The lowest BCUT2D eigenvalue weighted by Crippen LogP contribution is -2.38. The Kier molecular flexibility index (Phi) is 8.23. The van der Waals surface area contributed by atoms with Crippen molar-refractivity contribution in [2.24, 2.45) is 5.92 Å². The third kappa shape index (κ3) is 6.65. The molecule has 1 saturated heterocycles. The van der Waals surface area contributed by atoms with Crippen molar-refractivity contribution in [1.82, 2.24) is 15.3 Å². The van der Waals surface area contributed by atoms with Gasteiger partial charge in [0, 0.05) is 32.0 Å².